The first-order valence-corrected chi connectivity index (χ1v) is 20.8. The molecule has 0 aromatic carbocycles. The zero-order chi connectivity index (χ0) is 36.4. The summed E-state index contributed by atoms with van der Waals surface area (Å²) in [5, 5.41) is 15.5. The zero-order valence-corrected chi connectivity index (χ0v) is 32.9. The van der Waals surface area contributed by atoms with Crippen LogP contribution in [0, 0.1) is 56.7 Å². The topological polar surface area (TPSA) is 107 Å². The highest BCUT2D eigenvalue weighted by Gasteiger charge is 2.84. The van der Waals surface area contributed by atoms with Gasteiger partial charge in [-0.1, -0.05) is 34.6 Å². The fourth-order valence-electron chi connectivity index (χ4n) is 14.3. The quantitative estimate of drug-likeness (QED) is 0.291. The molecule has 0 bridgehead atoms. The van der Waals surface area contributed by atoms with Gasteiger partial charge < -0.3 is 34.3 Å². The Morgan fingerprint density at radius 3 is 2.43 bits per heavy atom. The Hall–Kier alpha value is -1.42. The highest BCUT2D eigenvalue weighted by atomic mass is 16.7. The van der Waals surface area contributed by atoms with Crippen molar-refractivity contribution in [1.29, 1.82) is 0 Å². The smallest absolute Gasteiger partial charge is 0.407 e. The van der Waals surface area contributed by atoms with Crippen LogP contribution in [-0.2, 0) is 23.7 Å². The van der Waals surface area contributed by atoms with Crippen LogP contribution in [0.5, 0.6) is 0 Å². The number of ether oxygens (including phenoxy) is 4. The fourth-order valence-corrected chi connectivity index (χ4v) is 14.3. The summed E-state index contributed by atoms with van der Waals surface area (Å²) in [6, 6.07) is 0. The highest BCUT2D eigenvalue weighted by molar-refractivity contribution is 5.76. The lowest BCUT2D eigenvalue weighted by molar-refractivity contribution is -0.248. The number of hydrogen-bond acceptors (Lipinski definition) is 7. The lowest BCUT2D eigenvalue weighted by Crippen LogP contribution is -2.60. The van der Waals surface area contributed by atoms with Crippen molar-refractivity contribution in [2.75, 3.05) is 26.2 Å². The van der Waals surface area contributed by atoms with Crippen LogP contribution in [0.25, 0.3) is 0 Å². The molecule has 51 heavy (non-hydrogen) atoms. The second kappa shape index (κ2) is 12.3. The average molecular weight is 713 g/mol. The van der Waals surface area contributed by atoms with Gasteiger partial charge in [0.05, 0.1) is 37.6 Å². The van der Waals surface area contributed by atoms with Crippen LogP contribution >= 0.6 is 0 Å². The van der Waals surface area contributed by atoms with E-state index in [0.29, 0.717) is 67.7 Å². The maximum absolute atomic E-state index is 12.9. The number of rotatable bonds is 7. The molecule has 6 saturated carbocycles. The van der Waals surface area contributed by atoms with Gasteiger partial charge in [-0.2, -0.15) is 0 Å². The van der Waals surface area contributed by atoms with E-state index in [1.165, 1.54) is 38.5 Å². The van der Waals surface area contributed by atoms with Crippen molar-refractivity contribution >= 4 is 12.0 Å². The number of nitrogens with one attached hydrogen (secondary N) is 1. The van der Waals surface area contributed by atoms with Crippen molar-refractivity contribution in [2.45, 2.75) is 169 Å². The van der Waals surface area contributed by atoms with E-state index in [4.69, 9.17) is 18.9 Å². The van der Waals surface area contributed by atoms with E-state index in [1.54, 1.807) is 0 Å². The van der Waals surface area contributed by atoms with E-state index < -0.39 is 11.7 Å². The Bertz CT molecular complexity index is 1380. The molecule has 2 N–H and O–H groups in total. The predicted molar refractivity (Wildman–Crippen MR) is 193 cm³/mol. The summed E-state index contributed by atoms with van der Waals surface area (Å²) in [4.78, 5) is 27.2. The van der Waals surface area contributed by atoms with Crippen molar-refractivity contribution in [3.05, 3.63) is 0 Å². The standard InChI is InChI=1S/C42H68N2O7/c1-25-21-27(14-18-43-36(47)51-37(2,3)4)49-34-33(25)39(7)16-17-42-24-41(42)15-13-30(38(5,6)28(41)11-12-29(42)40(39,8)35(34)46)50-32-23-44(19-20-48-32)31(45)22-26-9-10-26/h25-30,32-35,46H,9-24H2,1-8H3,(H,43,47). The SMILES string of the molecule is CC1CC(CCNC(=O)OC(C)(C)C)OC2C1C1(C)CCC34CC35CCC(OC3CN(C(=O)CC6CC6)CCO3)C(C)(C)C5CCC4C1(C)C2O. The molecule has 2 heterocycles. The number of amides is 2. The lowest BCUT2D eigenvalue weighted by Gasteiger charge is -2.64. The Morgan fingerprint density at radius 1 is 0.980 bits per heavy atom. The lowest BCUT2D eigenvalue weighted by atomic mass is 9.41. The molecule has 2 spiro atoms. The van der Waals surface area contributed by atoms with Gasteiger partial charge in [0, 0.05) is 24.9 Å². The van der Waals surface area contributed by atoms with Crippen LogP contribution < -0.4 is 5.32 Å². The number of hydrogen-bond donors (Lipinski definition) is 2. The fraction of sp³-hybridized carbons (Fsp3) is 0.952. The summed E-state index contributed by atoms with van der Waals surface area (Å²) < 4.78 is 25.4. The van der Waals surface area contributed by atoms with Gasteiger partial charge in [-0.15, -0.1) is 0 Å². The van der Waals surface area contributed by atoms with Crippen LogP contribution in [-0.4, -0.2) is 84.6 Å². The Balaban J connectivity index is 0.947. The van der Waals surface area contributed by atoms with Gasteiger partial charge in [0.25, 0.3) is 0 Å². The number of carbonyl (C=O) groups is 2. The van der Waals surface area contributed by atoms with E-state index in [1.807, 2.05) is 25.7 Å². The number of aliphatic hydroxyl groups is 1. The third kappa shape index (κ3) is 5.65. The van der Waals surface area contributed by atoms with Gasteiger partial charge in [-0.3, -0.25) is 4.79 Å². The number of nitrogens with zero attached hydrogens (tertiary/aromatic N) is 1. The maximum Gasteiger partial charge on any atom is 0.407 e. The number of aliphatic hydroxyl groups excluding tert-OH is 1. The molecule has 8 rings (SSSR count). The highest BCUT2D eigenvalue weighted by Crippen LogP contribution is 2.89. The number of morpholine rings is 1. The van der Waals surface area contributed by atoms with Crippen molar-refractivity contribution in [2.24, 2.45) is 56.7 Å². The minimum atomic E-state index is -0.523. The largest absolute Gasteiger partial charge is 0.444 e. The molecule has 0 radical (unpaired) electrons. The first kappa shape index (κ1) is 36.6. The monoisotopic (exact) mass is 713 g/mol. The molecule has 2 aliphatic heterocycles. The van der Waals surface area contributed by atoms with Crippen LogP contribution in [0.1, 0.15) is 132 Å². The van der Waals surface area contributed by atoms with E-state index >= 15 is 0 Å². The second-order valence-corrected chi connectivity index (χ2v) is 20.8. The van der Waals surface area contributed by atoms with Crippen molar-refractivity contribution < 1.29 is 33.6 Å². The molecule has 288 valence electrons. The second-order valence-electron chi connectivity index (χ2n) is 20.8. The van der Waals surface area contributed by atoms with Gasteiger partial charge in [0.1, 0.15) is 5.60 Å². The number of fused-ring (bicyclic) bond motifs is 4. The predicted octanol–water partition coefficient (Wildman–Crippen LogP) is 7.08. The average Bonchev–Trinajstić information content (AvgIpc) is 3.97. The molecule has 9 nitrogen and oxygen atoms in total. The number of carbonyl (C=O) groups excluding carboxylic acids is 2. The molecule has 0 aromatic heterocycles. The molecule has 6 aliphatic carbocycles. The van der Waals surface area contributed by atoms with E-state index in [9.17, 15) is 14.7 Å². The van der Waals surface area contributed by atoms with Gasteiger partial charge in [0.2, 0.25) is 5.91 Å². The maximum atomic E-state index is 12.9. The van der Waals surface area contributed by atoms with Crippen LogP contribution in [0.15, 0.2) is 0 Å². The van der Waals surface area contributed by atoms with Gasteiger partial charge in [0.15, 0.2) is 6.29 Å². The third-order valence-electron chi connectivity index (χ3n) is 16.8. The summed E-state index contributed by atoms with van der Waals surface area (Å²) in [6.45, 7) is 20.2. The van der Waals surface area contributed by atoms with E-state index in [2.05, 4.69) is 39.9 Å². The molecule has 8 aliphatic rings. The normalized spacial score (nSPS) is 48.3. The molecule has 2 saturated heterocycles. The first-order valence-electron chi connectivity index (χ1n) is 20.8. The molecule has 9 heteroatoms. The van der Waals surface area contributed by atoms with Crippen molar-refractivity contribution in [3.63, 3.8) is 0 Å². The summed E-state index contributed by atoms with van der Waals surface area (Å²) >= 11 is 0. The molecule has 2 amide bonds. The number of alkyl carbamates (subject to hydrolysis) is 1. The van der Waals surface area contributed by atoms with Crippen LogP contribution in [0.4, 0.5) is 4.79 Å². The third-order valence-corrected chi connectivity index (χ3v) is 16.8. The van der Waals surface area contributed by atoms with Gasteiger partial charge >= 0.3 is 6.09 Å². The molecule has 0 aromatic rings. The van der Waals surface area contributed by atoms with E-state index in [-0.39, 0.29) is 58.3 Å². The van der Waals surface area contributed by atoms with Crippen LogP contribution in [0.3, 0.4) is 0 Å². The summed E-state index contributed by atoms with van der Waals surface area (Å²) in [6.07, 6.45) is 11.8. The summed E-state index contributed by atoms with van der Waals surface area (Å²) in [7, 11) is 0. The van der Waals surface area contributed by atoms with Gasteiger partial charge in [-0.25, -0.2) is 4.79 Å². The first-order chi connectivity index (χ1) is 23.9. The Labute approximate surface area is 307 Å². The summed E-state index contributed by atoms with van der Waals surface area (Å²) in [5.74, 6) is 2.72. The Kier molecular flexibility index (Phi) is 8.81. The minimum Gasteiger partial charge on any atom is -0.444 e. The van der Waals surface area contributed by atoms with Crippen molar-refractivity contribution in [1.82, 2.24) is 10.2 Å². The Morgan fingerprint density at radius 2 is 1.71 bits per heavy atom. The van der Waals surface area contributed by atoms with E-state index in [0.717, 1.165) is 32.1 Å². The molecule has 8 fully saturated rings. The van der Waals surface area contributed by atoms with Crippen molar-refractivity contribution in [3.8, 4) is 0 Å². The molecular weight excluding hydrogens is 644 g/mol. The molecular formula is C42H68N2O7. The van der Waals surface area contributed by atoms with Crippen LogP contribution in [0.2, 0.25) is 0 Å². The minimum absolute atomic E-state index is 0.0124. The zero-order valence-electron chi connectivity index (χ0n) is 32.9. The molecule has 13 unspecified atom stereocenters. The van der Waals surface area contributed by atoms with Gasteiger partial charge in [-0.05, 0) is 143 Å². The summed E-state index contributed by atoms with van der Waals surface area (Å²) in [5.41, 5.74) is -0.0756. The molecule has 13 atom stereocenters.